The summed E-state index contributed by atoms with van der Waals surface area (Å²) >= 11 is 0. The molecule has 78 valence electrons. The van der Waals surface area contributed by atoms with Crippen molar-refractivity contribution in [2.45, 2.75) is 45.1 Å². The maximum atomic E-state index is 9.29. The van der Waals surface area contributed by atoms with Crippen molar-refractivity contribution in [2.24, 2.45) is 5.92 Å². The van der Waals surface area contributed by atoms with Crippen LogP contribution in [0.5, 0.6) is 0 Å². The van der Waals surface area contributed by atoms with Crippen LogP contribution in [0.1, 0.15) is 56.8 Å². The van der Waals surface area contributed by atoms with Crippen LogP contribution in [0.4, 0.5) is 0 Å². The summed E-state index contributed by atoms with van der Waals surface area (Å²) < 4.78 is 0. The molecule has 0 spiro atoms. The van der Waals surface area contributed by atoms with Gasteiger partial charge in [-0.3, -0.25) is 5.10 Å². The lowest BCUT2D eigenvalue weighted by molar-refractivity contribution is 0.189. The molecule has 0 aromatic carbocycles. The van der Waals surface area contributed by atoms with E-state index in [0.29, 0.717) is 11.7 Å². The number of rotatable bonds is 2. The van der Waals surface area contributed by atoms with Gasteiger partial charge < -0.3 is 5.11 Å². The van der Waals surface area contributed by atoms with Gasteiger partial charge in [0.05, 0.1) is 0 Å². The van der Waals surface area contributed by atoms with Crippen LogP contribution in [-0.2, 0) is 0 Å². The number of hydrogen-bond donors (Lipinski definition) is 2. The van der Waals surface area contributed by atoms with Gasteiger partial charge in [0.1, 0.15) is 11.9 Å². The zero-order chi connectivity index (χ0) is 10.1. The van der Waals surface area contributed by atoms with Crippen LogP contribution in [0.3, 0.4) is 0 Å². The molecule has 1 fully saturated rings. The lowest BCUT2D eigenvalue weighted by Crippen LogP contribution is -1.97. The van der Waals surface area contributed by atoms with Gasteiger partial charge in [0.2, 0.25) is 0 Å². The molecule has 1 aliphatic rings. The largest absolute Gasteiger partial charge is 0.385 e. The molecule has 0 amide bonds. The van der Waals surface area contributed by atoms with Crippen LogP contribution < -0.4 is 0 Å². The second-order valence-electron chi connectivity index (χ2n) is 4.37. The van der Waals surface area contributed by atoms with Gasteiger partial charge in [-0.05, 0) is 32.1 Å². The van der Waals surface area contributed by atoms with Crippen LogP contribution in [0, 0.1) is 5.92 Å². The lowest BCUT2D eigenvalue weighted by Gasteiger charge is -2.03. The topological polar surface area (TPSA) is 61.8 Å². The quantitative estimate of drug-likeness (QED) is 0.756. The summed E-state index contributed by atoms with van der Waals surface area (Å²) in [5.74, 6) is 2.77. The van der Waals surface area contributed by atoms with Crippen LogP contribution in [-0.4, -0.2) is 20.3 Å². The van der Waals surface area contributed by atoms with Crippen LogP contribution in [0.2, 0.25) is 0 Å². The van der Waals surface area contributed by atoms with E-state index in [0.717, 1.165) is 11.7 Å². The van der Waals surface area contributed by atoms with Gasteiger partial charge in [0.25, 0.3) is 0 Å². The average molecular weight is 195 g/mol. The van der Waals surface area contributed by atoms with E-state index in [1.165, 1.54) is 19.3 Å². The van der Waals surface area contributed by atoms with Gasteiger partial charge in [-0.15, -0.1) is 0 Å². The Hall–Kier alpha value is -0.900. The van der Waals surface area contributed by atoms with Gasteiger partial charge >= 0.3 is 0 Å². The fourth-order valence-corrected chi connectivity index (χ4v) is 2.11. The fraction of sp³-hybridized carbons (Fsp3) is 0.800. The molecule has 1 heterocycles. The van der Waals surface area contributed by atoms with Crippen LogP contribution in [0.25, 0.3) is 0 Å². The fourth-order valence-electron chi connectivity index (χ4n) is 2.11. The molecule has 1 aromatic heterocycles. The number of aliphatic hydroxyl groups is 1. The Morgan fingerprint density at radius 1 is 1.50 bits per heavy atom. The molecule has 3 unspecified atom stereocenters. The molecular weight excluding hydrogens is 178 g/mol. The van der Waals surface area contributed by atoms with Gasteiger partial charge in [-0.25, -0.2) is 4.98 Å². The first-order chi connectivity index (χ1) is 6.66. The molecule has 14 heavy (non-hydrogen) atoms. The highest BCUT2D eigenvalue weighted by Crippen LogP contribution is 2.36. The Balaban J connectivity index is 2.09. The van der Waals surface area contributed by atoms with Gasteiger partial charge in [-0.2, -0.15) is 5.10 Å². The minimum atomic E-state index is -0.571. The zero-order valence-corrected chi connectivity index (χ0v) is 8.70. The first-order valence-corrected chi connectivity index (χ1v) is 5.27. The van der Waals surface area contributed by atoms with Crippen molar-refractivity contribution in [2.75, 3.05) is 0 Å². The first kappa shape index (κ1) is 9.65. The predicted octanol–water partition coefficient (Wildman–Crippen LogP) is 1.76. The molecule has 1 saturated carbocycles. The molecule has 0 saturated heterocycles. The molecular formula is C10H17N3O. The number of nitrogens with zero attached hydrogens (tertiary/aromatic N) is 2. The molecule has 0 radical (unpaired) electrons. The zero-order valence-electron chi connectivity index (χ0n) is 8.70. The Kier molecular flexibility index (Phi) is 2.54. The molecule has 1 aliphatic carbocycles. The molecule has 4 heteroatoms. The van der Waals surface area contributed by atoms with Crippen molar-refractivity contribution >= 4 is 0 Å². The van der Waals surface area contributed by atoms with Crippen molar-refractivity contribution in [1.29, 1.82) is 0 Å². The summed E-state index contributed by atoms with van der Waals surface area (Å²) in [6, 6.07) is 0. The molecule has 0 bridgehead atoms. The van der Waals surface area contributed by atoms with Gasteiger partial charge in [0.15, 0.2) is 5.82 Å². The first-order valence-electron chi connectivity index (χ1n) is 5.27. The molecule has 2 N–H and O–H groups in total. The van der Waals surface area contributed by atoms with E-state index in [4.69, 9.17) is 0 Å². The van der Waals surface area contributed by atoms with Crippen LogP contribution in [0.15, 0.2) is 0 Å². The molecule has 3 atom stereocenters. The van der Waals surface area contributed by atoms with Gasteiger partial charge in [-0.1, -0.05) is 6.92 Å². The third-order valence-corrected chi connectivity index (χ3v) is 2.98. The van der Waals surface area contributed by atoms with E-state index in [1.807, 2.05) is 0 Å². The van der Waals surface area contributed by atoms with E-state index >= 15 is 0 Å². The Labute approximate surface area is 83.8 Å². The van der Waals surface area contributed by atoms with Gasteiger partial charge in [0, 0.05) is 5.92 Å². The van der Waals surface area contributed by atoms with Crippen molar-refractivity contribution in [3.63, 3.8) is 0 Å². The minimum absolute atomic E-state index is 0.513. The third kappa shape index (κ3) is 1.80. The number of hydrogen-bond acceptors (Lipinski definition) is 3. The Morgan fingerprint density at radius 2 is 2.29 bits per heavy atom. The minimum Gasteiger partial charge on any atom is -0.385 e. The molecule has 2 rings (SSSR count). The maximum absolute atomic E-state index is 9.29. The lowest BCUT2D eigenvalue weighted by atomic mass is 10.1. The summed E-state index contributed by atoms with van der Waals surface area (Å²) in [7, 11) is 0. The van der Waals surface area contributed by atoms with Crippen molar-refractivity contribution < 1.29 is 5.11 Å². The number of H-pyrrole nitrogens is 1. The van der Waals surface area contributed by atoms with E-state index in [9.17, 15) is 5.11 Å². The summed E-state index contributed by atoms with van der Waals surface area (Å²) in [5.41, 5.74) is 0. The summed E-state index contributed by atoms with van der Waals surface area (Å²) in [4.78, 5) is 4.31. The molecule has 1 aromatic rings. The monoisotopic (exact) mass is 195 g/mol. The normalized spacial score (nSPS) is 29.4. The Bertz CT molecular complexity index is 308. The third-order valence-electron chi connectivity index (χ3n) is 2.98. The average Bonchev–Trinajstić information content (AvgIpc) is 2.70. The second kappa shape index (κ2) is 3.69. The van der Waals surface area contributed by atoms with Crippen molar-refractivity contribution in [1.82, 2.24) is 15.2 Å². The summed E-state index contributed by atoms with van der Waals surface area (Å²) in [5, 5.41) is 16.2. The highest BCUT2D eigenvalue weighted by molar-refractivity contribution is 5.01. The SMILES string of the molecule is CC1CCC(c2nc(C(C)O)n[nH]2)C1. The predicted molar refractivity (Wildman–Crippen MR) is 52.8 cm³/mol. The van der Waals surface area contributed by atoms with E-state index in [1.54, 1.807) is 6.92 Å². The summed E-state index contributed by atoms with van der Waals surface area (Å²) in [6.45, 7) is 3.95. The Morgan fingerprint density at radius 3 is 2.79 bits per heavy atom. The van der Waals surface area contributed by atoms with Crippen LogP contribution >= 0.6 is 0 Å². The number of aromatic amines is 1. The van der Waals surface area contributed by atoms with E-state index in [2.05, 4.69) is 22.1 Å². The van der Waals surface area contributed by atoms with Crippen molar-refractivity contribution in [3.05, 3.63) is 11.6 Å². The molecule has 4 nitrogen and oxygen atoms in total. The van der Waals surface area contributed by atoms with E-state index in [-0.39, 0.29) is 0 Å². The highest BCUT2D eigenvalue weighted by Gasteiger charge is 2.25. The number of aromatic nitrogens is 3. The second-order valence-corrected chi connectivity index (χ2v) is 4.37. The number of aliphatic hydroxyl groups excluding tert-OH is 1. The highest BCUT2D eigenvalue weighted by atomic mass is 16.3. The standard InChI is InChI=1S/C10H17N3O/c1-6-3-4-8(5-6)10-11-9(7(2)14)12-13-10/h6-8,14H,3-5H2,1-2H3,(H,11,12,13). The van der Waals surface area contributed by atoms with Crippen molar-refractivity contribution in [3.8, 4) is 0 Å². The summed E-state index contributed by atoms with van der Waals surface area (Å²) in [6.07, 6.45) is 3.08. The maximum Gasteiger partial charge on any atom is 0.178 e. The number of nitrogens with one attached hydrogen (secondary N) is 1. The van der Waals surface area contributed by atoms with E-state index < -0.39 is 6.10 Å². The smallest absolute Gasteiger partial charge is 0.178 e. The molecule has 0 aliphatic heterocycles.